The van der Waals surface area contributed by atoms with Crippen molar-refractivity contribution in [3.8, 4) is 0 Å². The van der Waals surface area contributed by atoms with E-state index in [4.69, 9.17) is 0 Å². The molecule has 1 unspecified atom stereocenters. The summed E-state index contributed by atoms with van der Waals surface area (Å²) in [5.41, 5.74) is 2.61. The lowest BCUT2D eigenvalue weighted by atomic mass is 9.78. The van der Waals surface area contributed by atoms with Crippen LogP contribution in [0.4, 0.5) is 0 Å². The van der Waals surface area contributed by atoms with Gasteiger partial charge in [0.1, 0.15) is 0 Å². The van der Waals surface area contributed by atoms with Crippen molar-refractivity contribution in [1.82, 2.24) is 15.1 Å². The lowest BCUT2D eigenvalue weighted by Gasteiger charge is -2.36. The normalized spacial score (nSPS) is 27.2. The molecule has 2 fully saturated rings. The fourth-order valence-corrected chi connectivity index (χ4v) is 4.58. The Bertz CT molecular complexity index is 674. The molecule has 4 heteroatoms. The number of H-pyrrole nitrogens is 1. The molecule has 1 saturated heterocycles. The van der Waals surface area contributed by atoms with Gasteiger partial charge in [-0.1, -0.05) is 30.3 Å². The third-order valence-electron chi connectivity index (χ3n) is 6.04. The van der Waals surface area contributed by atoms with E-state index in [0.717, 1.165) is 51.6 Å². The van der Waals surface area contributed by atoms with E-state index in [1.807, 2.05) is 6.07 Å². The van der Waals surface area contributed by atoms with E-state index in [2.05, 4.69) is 45.4 Å². The molecule has 1 aliphatic carbocycles. The first-order valence-corrected chi connectivity index (χ1v) is 9.64. The molecule has 1 aromatic carbocycles. The fraction of sp³-hybridized carbons (Fsp3) is 0.524. The van der Waals surface area contributed by atoms with E-state index >= 15 is 0 Å². The molecule has 1 atom stereocenters. The van der Waals surface area contributed by atoms with Crippen molar-refractivity contribution in [1.29, 1.82) is 0 Å². The number of rotatable bonds is 3. The first-order valence-electron chi connectivity index (χ1n) is 9.64. The van der Waals surface area contributed by atoms with Gasteiger partial charge in [0.2, 0.25) is 5.91 Å². The molecule has 2 aliphatic rings. The molecule has 1 aromatic heterocycles. The maximum absolute atomic E-state index is 13.0. The second-order valence-corrected chi connectivity index (χ2v) is 7.59. The Morgan fingerprint density at radius 3 is 2.52 bits per heavy atom. The van der Waals surface area contributed by atoms with Crippen molar-refractivity contribution in [3.63, 3.8) is 0 Å². The van der Waals surface area contributed by atoms with Crippen LogP contribution in [0.3, 0.4) is 0 Å². The van der Waals surface area contributed by atoms with Crippen LogP contribution in [0.2, 0.25) is 0 Å². The summed E-state index contributed by atoms with van der Waals surface area (Å²) in [5, 5.41) is 7.15. The molecule has 4 nitrogen and oxygen atoms in total. The topological polar surface area (TPSA) is 49.0 Å². The summed E-state index contributed by atoms with van der Waals surface area (Å²) >= 11 is 0. The first-order chi connectivity index (χ1) is 12.3. The van der Waals surface area contributed by atoms with Gasteiger partial charge in [-0.15, -0.1) is 0 Å². The van der Waals surface area contributed by atoms with Gasteiger partial charge in [-0.05, 0) is 56.1 Å². The molecule has 0 bridgehead atoms. The fourth-order valence-electron chi connectivity index (χ4n) is 4.58. The van der Waals surface area contributed by atoms with Crippen LogP contribution in [0.1, 0.15) is 61.6 Å². The van der Waals surface area contributed by atoms with Crippen LogP contribution in [0.25, 0.3) is 0 Å². The summed E-state index contributed by atoms with van der Waals surface area (Å²) in [6, 6.07) is 12.8. The Morgan fingerprint density at radius 1 is 1.00 bits per heavy atom. The van der Waals surface area contributed by atoms with Crippen LogP contribution in [0.5, 0.6) is 0 Å². The highest BCUT2D eigenvalue weighted by Crippen LogP contribution is 2.37. The smallest absolute Gasteiger partial charge is 0.225 e. The predicted octanol–water partition coefficient (Wildman–Crippen LogP) is 4.09. The molecule has 132 valence electrons. The van der Waals surface area contributed by atoms with Crippen molar-refractivity contribution in [3.05, 3.63) is 53.9 Å². The summed E-state index contributed by atoms with van der Waals surface area (Å²) in [4.78, 5) is 15.1. The second-order valence-electron chi connectivity index (χ2n) is 7.59. The van der Waals surface area contributed by atoms with Crippen LogP contribution >= 0.6 is 0 Å². The highest BCUT2D eigenvalue weighted by atomic mass is 16.2. The number of hydrogen-bond acceptors (Lipinski definition) is 2. The number of carbonyl (C=O) groups excluding carboxylic acids is 1. The molecule has 25 heavy (non-hydrogen) atoms. The van der Waals surface area contributed by atoms with E-state index in [-0.39, 0.29) is 5.92 Å². The number of carbonyl (C=O) groups is 1. The van der Waals surface area contributed by atoms with E-state index in [1.165, 1.54) is 11.3 Å². The third kappa shape index (κ3) is 3.63. The highest BCUT2D eigenvalue weighted by Gasteiger charge is 2.32. The van der Waals surface area contributed by atoms with E-state index in [1.54, 1.807) is 6.20 Å². The number of hydrogen-bond donors (Lipinski definition) is 1. The van der Waals surface area contributed by atoms with Gasteiger partial charge < -0.3 is 4.90 Å². The number of benzene rings is 1. The molecular weight excluding hydrogens is 310 g/mol. The predicted molar refractivity (Wildman–Crippen MR) is 98.3 cm³/mol. The average Bonchev–Trinajstić information content (AvgIpc) is 3.23. The SMILES string of the molecule is O=C(C1CCC(c2ccccc2)CC1)N1CCCC(c2ccn[nH]2)C1. The molecule has 0 spiro atoms. The lowest BCUT2D eigenvalue weighted by molar-refractivity contribution is -0.137. The number of aromatic amines is 1. The quantitative estimate of drug-likeness (QED) is 0.917. The monoisotopic (exact) mass is 337 g/mol. The number of nitrogens with zero attached hydrogens (tertiary/aromatic N) is 2. The zero-order valence-corrected chi connectivity index (χ0v) is 14.7. The van der Waals surface area contributed by atoms with E-state index < -0.39 is 0 Å². The van der Waals surface area contributed by atoms with Gasteiger partial charge in [0.25, 0.3) is 0 Å². The summed E-state index contributed by atoms with van der Waals surface area (Å²) in [6.45, 7) is 1.77. The third-order valence-corrected chi connectivity index (χ3v) is 6.04. The van der Waals surface area contributed by atoms with Crippen molar-refractivity contribution in [2.45, 2.75) is 50.4 Å². The summed E-state index contributed by atoms with van der Waals surface area (Å²) < 4.78 is 0. The molecule has 1 aliphatic heterocycles. The maximum atomic E-state index is 13.0. The molecule has 1 amide bonds. The van der Waals surface area contributed by atoms with E-state index in [0.29, 0.717) is 17.7 Å². The van der Waals surface area contributed by atoms with E-state index in [9.17, 15) is 4.79 Å². The van der Waals surface area contributed by atoms with Gasteiger partial charge in [0.05, 0.1) is 0 Å². The molecule has 1 N–H and O–H groups in total. The van der Waals surface area contributed by atoms with Crippen LogP contribution < -0.4 is 0 Å². The van der Waals surface area contributed by atoms with Gasteiger partial charge in [-0.25, -0.2) is 0 Å². The van der Waals surface area contributed by atoms with Gasteiger partial charge in [-0.2, -0.15) is 5.10 Å². The Kier molecular flexibility index (Phi) is 4.86. The summed E-state index contributed by atoms with van der Waals surface area (Å²) in [5.74, 6) is 1.65. The number of piperidine rings is 1. The van der Waals surface area contributed by atoms with Crippen molar-refractivity contribution in [2.75, 3.05) is 13.1 Å². The van der Waals surface area contributed by atoms with Crippen molar-refractivity contribution < 1.29 is 4.79 Å². The molecule has 2 heterocycles. The first kappa shape index (κ1) is 16.4. The number of nitrogens with one attached hydrogen (secondary N) is 1. The Hall–Kier alpha value is -2.10. The summed E-state index contributed by atoms with van der Waals surface area (Å²) in [7, 11) is 0. The number of amides is 1. The van der Waals surface area contributed by atoms with Crippen LogP contribution in [-0.2, 0) is 4.79 Å². The molecule has 0 radical (unpaired) electrons. The van der Waals surface area contributed by atoms with Crippen LogP contribution in [0, 0.1) is 5.92 Å². The highest BCUT2D eigenvalue weighted by molar-refractivity contribution is 5.79. The average molecular weight is 337 g/mol. The molecule has 2 aromatic rings. The summed E-state index contributed by atoms with van der Waals surface area (Å²) in [6.07, 6.45) is 8.38. The molecular formula is C21H27N3O. The standard InChI is InChI=1S/C21H27N3O/c25-21(24-14-4-7-19(15-24)20-12-13-22-23-20)18-10-8-17(9-11-18)16-5-2-1-3-6-16/h1-3,5-6,12-13,17-19H,4,7-11,14-15H2,(H,22,23). The van der Waals surface area contributed by atoms with Gasteiger partial charge in [0, 0.05) is 36.8 Å². The number of likely N-dealkylation sites (tertiary alicyclic amines) is 1. The zero-order chi connectivity index (χ0) is 17.1. The minimum atomic E-state index is 0.223. The Balaban J connectivity index is 1.34. The van der Waals surface area contributed by atoms with Gasteiger partial charge >= 0.3 is 0 Å². The number of aromatic nitrogens is 2. The minimum Gasteiger partial charge on any atom is -0.342 e. The second kappa shape index (κ2) is 7.42. The maximum Gasteiger partial charge on any atom is 0.225 e. The Labute approximate surface area is 149 Å². The van der Waals surface area contributed by atoms with Gasteiger partial charge in [0.15, 0.2) is 0 Å². The zero-order valence-electron chi connectivity index (χ0n) is 14.7. The molecule has 1 saturated carbocycles. The largest absolute Gasteiger partial charge is 0.342 e. The van der Waals surface area contributed by atoms with Crippen LogP contribution in [0.15, 0.2) is 42.6 Å². The Morgan fingerprint density at radius 2 is 1.80 bits per heavy atom. The molecule has 4 rings (SSSR count). The van der Waals surface area contributed by atoms with Crippen LogP contribution in [-0.4, -0.2) is 34.1 Å². The minimum absolute atomic E-state index is 0.223. The van der Waals surface area contributed by atoms with Crippen molar-refractivity contribution in [2.24, 2.45) is 5.92 Å². The van der Waals surface area contributed by atoms with Gasteiger partial charge in [-0.3, -0.25) is 9.89 Å². The van der Waals surface area contributed by atoms with Crippen molar-refractivity contribution >= 4 is 5.91 Å². The lowest BCUT2D eigenvalue weighted by Crippen LogP contribution is -2.43.